The molecule has 5 heteroatoms. The maximum atomic E-state index is 13.3. The Labute approximate surface area is 183 Å². The summed E-state index contributed by atoms with van der Waals surface area (Å²) in [5, 5.41) is 4.92. The van der Waals surface area contributed by atoms with Crippen molar-refractivity contribution in [2.45, 2.75) is 19.8 Å². The van der Waals surface area contributed by atoms with Crippen molar-refractivity contribution in [1.82, 2.24) is 4.90 Å². The molecule has 4 rings (SSSR count). The second-order valence-electron chi connectivity index (χ2n) is 8.58. The van der Waals surface area contributed by atoms with Gasteiger partial charge in [-0.25, -0.2) is 0 Å². The van der Waals surface area contributed by atoms with Gasteiger partial charge in [0.25, 0.3) is 11.8 Å². The van der Waals surface area contributed by atoms with E-state index in [9.17, 15) is 9.59 Å². The van der Waals surface area contributed by atoms with Crippen molar-refractivity contribution >= 4 is 34.0 Å². The van der Waals surface area contributed by atoms with Gasteiger partial charge in [-0.1, -0.05) is 43.3 Å². The Bertz CT molecular complexity index is 1110. The number of anilines is 2. The lowest BCUT2D eigenvalue weighted by atomic mass is 9.98. The molecule has 0 bridgehead atoms. The van der Waals surface area contributed by atoms with Gasteiger partial charge < -0.3 is 15.1 Å². The summed E-state index contributed by atoms with van der Waals surface area (Å²) in [6, 6.07) is 19.1. The van der Waals surface area contributed by atoms with Gasteiger partial charge in [0.05, 0.1) is 5.56 Å². The fourth-order valence-electron chi connectivity index (χ4n) is 4.18. The molecule has 0 atom stereocenters. The Kier molecular flexibility index (Phi) is 5.94. The summed E-state index contributed by atoms with van der Waals surface area (Å²) in [6.07, 6.45) is 2.06. The number of carbonyl (C=O) groups excluding carboxylic acids is 2. The van der Waals surface area contributed by atoms with Crippen molar-refractivity contribution in [3.63, 3.8) is 0 Å². The van der Waals surface area contributed by atoms with E-state index in [1.165, 1.54) is 0 Å². The highest BCUT2D eigenvalue weighted by molar-refractivity contribution is 6.13. The minimum atomic E-state index is -0.181. The van der Waals surface area contributed by atoms with E-state index >= 15 is 0 Å². The minimum Gasteiger partial charge on any atom is -0.377 e. The molecule has 31 heavy (non-hydrogen) atoms. The lowest BCUT2D eigenvalue weighted by molar-refractivity contribution is 0.0697. The fraction of sp³-hybridized carbons (Fsp3) is 0.308. The lowest BCUT2D eigenvalue weighted by Gasteiger charge is -2.31. The third kappa shape index (κ3) is 4.41. The molecule has 0 aromatic heterocycles. The molecule has 3 aromatic carbocycles. The van der Waals surface area contributed by atoms with Crippen molar-refractivity contribution in [2.24, 2.45) is 5.92 Å². The summed E-state index contributed by atoms with van der Waals surface area (Å²) < 4.78 is 0. The van der Waals surface area contributed by atoms with Crippen LogP contribution in [0.2, 0.25) is 0 Å². The molecule has 160 valence electrons. The third-order valence-corrected chi connectivity index (χ3v) is 6.07. The van der Waals surface area contributed by atoms with E-state index < -0.39 is 0 Å². The largest absolute Gasteiger partial charge is 0.377 e. The van der Waals surface area contributed by atoms with Crippen LogP contribution in [-0.4, -0.2) is 43.9 Å². The molecule has 3 aromatic rings. The zero-order chi connectivity index (χ0) is 22.0. The van der Waals surface area contributed by atoms with Crippen LogP contribution in [-0.2, 0) is 0 Å². The van der Waals surface area contributed by atoms with Crippen molar-refractivity contribution in [2.75, 3.05) is 37.4 Å². The Morgan fingerprint density at radius 3 is 2.39 bits per heavy atom. The number of nitrogens with one attached hydrogen (secondary N) is 1. The number of piperidine rings is 1. The summed E-state index contributed by atoms with van der Waals surface area (Å²) in [5.74, 6) is 0.500. The molecule has 1 aliphatic rings. The van der Waals surface area contributed by atoms with Crippen molar-refractivity contribution in [3.05, 3.63) is 71.8 Å². The molecule has 5 nitrogen and oxygen atoms in total. The summed E-state index contributed by atoms with van der Waals surface area (Å²) in [4.78, 5) is 30.2. The van der Waals surface area contributed by atoms with Gasteiger partial charge >= 0.3 is 0 Å². The molecule has 0 unspecified atom stereocenters. The number of nitrogens with zero attached hydrogens (tertiary/aromatic N) is 2. The highest BCUT2D eigenvalue weighted by Gasteiger charge is 2.24. The van der Waals surface area contributed by atoms with E-state index in [0.717, 1.165) is 42.4 Å². The van der Waals surface area contributed by atoms with E-state index in [2.05, 4.69) is 12.2 Å². The first kappa shape index (κ1) is 20.9. The van der Waals surface area contributed by atoms with Gasteiger partial charge in [-0.2, -0.15) is 0 Å². The third-order valence-electron chi connectivity index (χ3n) is 6.07. The van der Waals surface area contributed by atoms with Crippen LogP contribution < -0.4 is 10.2 Å². The van der Waals surface area contributed by atoms with Crippen molar-refractivity contribution < 1.29 is 9.59 Å². The number of rotatable bonds is 4. The molecule has 2 amide bonds. The average molecular weight is 416 g/mol. The highest BCUT2D eigenvalue weighted by Crippen LogP contribution is 2.27. The van der Waals surface area contributed by atoms with Gasteiger partial charge in [-0.3, -0.25) is 9.59 Å². The number of carbonyl (C=O) groups is 2. The van der Waals surface area contributed by atoms with E-state index in [1.807, 2.05) is 78.5 Å². The SMILES string of the molecule is CC1CCN(C(=O)c2cc(NC(=O)c3cccc4ccccc34)ccc2N(C)C)CC1. The first-order chi connectivity index (χ1) is 14.9. The summed E-state index contributed by atoms with van der Waals surface area (Å²) in [5.41, 5.74) is 2.71. The molecule has 1 aliphatic heterocycles. The Morgan fingerprint density at radius 2 is 1.65 bits per heavy atom. The number of hydrogen-bond acceptors (Lipinski definition) is 3. The van der Waals surface area contributed by atoms with Gasteiger partial charge in [0, 0.05) is 44.1 Å². The highest BCUT2D eigenvalue weighted by atomic mass is 16.2. The molecule has 0 spiro atoms. The molecule has 1 fully saturated rings. The summed E-state index contributed by atoms with van der Waals surface area (Å²) >= 11 is 0. The van der Waals surface area contributed by atoms with E-state index in [0.29, 0.717) is 22.7 Å². The molecular weight excluding hydrogens is 386 g/mol. The van der Waals surface area contributed by atoms with Crippen molar-refractivity contribution in [1.29, 1.82) is 0 Å². The maximum absolute atomic E-state index is 13.3. The van der Waals surface area contributed by atoms with E-state index in [1.54, 1.807) is 6.07 Å². The Morgan fingerprint density at radius 1 is 0.935 bits per heavy atom. The van der Waals surface area contributed by atoms with Crippen LogP contribution in [0.1, 0.15) is 40.5 Å². The Hall–Kier alpha value is -3.34. The summed E-state index contributed by atoms with van der Waals surface area (Å²) in [6.45, 7) is 3.79. The number of likely N-dealkylation sites (tertiary alicyclic amines) is 1. The standard InChI is InChI=1S/C26H29N3O2/c1-18-13-15-29(16-14-18)26(31)23-17-20(11-12-24(23)28(2)3)27-25(30)22-10-6-8-19-7-4-5-9-21(19)22/h4-12,17-18H,13-16H2,1-3H3,(H,27,30). The predicted octanol–water partition coefficient (Wildman–Crippen LogP) is 5.03. The van der Waals surface area contributed by atoms with Gasteiger partial charge in [0.15, 0.2) is 0 Å². The maximum Gasteiger partial charge on any atom is 0.256 e. The van der Waals surface area contributed by atoms with Gasteiger partial charge in [-0.15, -0.1) is 0 Å². The number of fused-ring (bicyclic) bond motifs is 1. The van der Waals surface area contributed by atoms with Gasteiger partial charge in [-0.05, 0) is 53.8 Å². The first-order valence-corrected chi connectivity index (χ1v) is 10.8. The normalized spacial score (nSPS) is 14.5. The second kappa shape index (κ2) is 8.80. The summed E-state index contributed by atoms with van der Waals surface area (Å²) in [7, 11) is 3.86. The molecule has 1 saturated heterocycles. The average Bonchev–Trinajstić information content (AvgIpc) is 2.78. The van der Waals surface area contributed by atoms with E-state index in [-0.39, 0.29) is 11.8 Å². The van der Waals surface area contributed by atoms with E-state index in [4.69, 9.17) is 0 Å². The molecule has 0 radical (unpaired) electrons. The Balaban J connectivity index is 1.62. The van der Waals surface area contributed by atoms with Crippen molar-refractivity contribution in [3.8, 4) is 0 Å². The van der Waals surface area contributed by atoms with Crippen LogP contribution in [0.3, 0.4) is 0 Å². The van der Waals surface area contributed by atoms with Crippen LogP contribution in [0.25, 0.3) is 10.8 Å². The van der Waals surface area contributed by atoms with Gasteiger partial charge in [0.2, 0.25) is 0 Å². The topological polar surface area (TPSA) is 52.7 Å². The van der Waals surface area contributed by atoms with Crippen LogP contribution in [0.4, 0.5) is 11.4 Å². The zero-order valence-electron chi connectivity index (χ0n) is 18.4. The van der Waals surface area contributed by atoms with Crippen LogP contribution in [0.15, 0.2) is 60.7 Å². The molecular formula is C26H29N3O2. The second-order valence-corrected chi connectivity index (χ2v) is 8.58. The van der Waals surface area contributed by atoms with Crippen LogP contribution >= 0.6 is 0 Å². The van der Waals surface area contributed by atoms with Crippen LogP contribution in [0.5, 0.6) is 0 Å². The predicted molar refractivity (Wildman–Crippen MR) is 127 cm³/mol. The van der Waals surface area contributed by atoms with Gasteiger partial charge in [0.1, 0.15) is 0 Å². The zero-order valence-corrected chi connectivity index (χ0v) is 18.4. The first-order valence-electron chi connectivity index (χ1n) is 10.8. The smallest absolute Gasteiger partial charge is 0.256 e. The quantitative estimate of drug-likeness (QED) is 0.650. The van der Waals surface area contributed by atoms with Crippen LogP contribution in [0, 0.1) is 5.92 Å². The molecule has 0 saturated carbocycles. The molecule has 0 aliphatic carbocycles. The number of benzene rings is 3. The number of amides is 2. The fourth-order valence-corrected chi connectivity index (χ4v) is 4.18. The molecule has 1 heterocycles. The minimum absolute atomic E-state index is 0.0249. The number of hydrogen-bond donors (Lipinski definition) is 1. The monoisotopic (exact) mass is 415 g/mol. The lowest BCUT2D eigenvalue weighted by Crippen LogP contribution is -2.38. The molecule has 1 N–H and O–H groups in total.